The van der Waals surface area contributed by atoms with Gasteiger partial charge in [-0.25, -0.2) is 0 Å². The Morgan fingerprint density at radius 2 is 2.19 bits per heavy atom. The molecule has 1 unspecified atom stereocenters. The van der Waals surface area contributed by atoms with Crippen molar-refractivity contribution in [2.45, 2.75) is 12.6 Å². The van der Waals surface area contributed by atoms with E-state index in [9.17, 15) is 5.11 Å². The number of nitrogens with one attached hydrogen (secondary N) is 1. The average molecular weight is 227 g/mol. The molecule has 0 amide bonds. The van der Waals surface area contributed by atoms with Crippen LogP contribution in [0.4, 0.5) is 0 Å². The third-order valence-electron chi connectivity index (χ3n) is 2.21. The highest BCUT2D eigenvalue weighted by atomic mass is 16.5. The molecule has 4 N–H and O–H groups in total. The van der Waals surface area contributed by atoms with Crippen LogP contribution in [-0.4, -0.2) is 41.7 Å². The highest BCUT2D eigenvalue weighted by molar-refractivity contribution is 5.45. The molecule has 1 aromatic carbocycles. The SMILES string of the molecule is COc1cccc(CNCC(O)CO)c1O. The zero-order valence-corrected chi connectivity index (χ0v) is 9.18. The first-order valence-electron chi connectivity index (χ1n) is 5.03. The number of ether oxygens (including phenoxy) is 1. The topological polar surface area (TPSA) is 82.0 Å². The van der Waals surface area contributed by atoms with Crippen molar-refractivity contribution in [1.29, 1.82) is 0 Å². The molecule has 0 aliphatic rings. The summed E-state index contributed by atoms with van der Waals surface area (Å²) in [6.07, 6.45) is -0.784. The molecule has 90 valence electrons. The molecule has 5 nitrogen and oxygen atoms in total. The number of hydrogen-bond donors (Lipinski definition) is 4. The lowest BCUT2D eigenvalue weighted by molar-refractivity contribution is 0.0942. The molecule has 0 fully saturated rings. The van der Waals surface area contributed by atoms with Gasteiger partial charge in [-0.05, 0) is 6.07 Å². The molecule has 0 bridgehead atoms. The standard InChI is InChI=1S/C11H17NO4/c1-16-10-4-2-3-8(11(10)15)5-12-6-9(14)7-13/h2-4,9,12-15H,5-7H2,1H3. The Balaban J connectivity index is 2.54. The molecule has 0 aromatic heterocycles. The van der Waals surface area contributed by atoms with Crippen molar-refractivity contribution in [1.82, 2.24) is 5.32 Å². The van der Waals surface area contributed by atoms with E-state index in [1.54, 1.807) is 18.2 Å². The van der Waals surface area contributed by atoms with E-state index in [1.807, 2.05) is 0 Å². The largest absolute Gasteiger partial charge is 0.504 e. The summed E-state index contributed by atoms with van der Waals surface area (Å²) in [5, 5.41) is 30.4. The normalized spacial score (nSPS) is 12.4. The predicted molar refractivity (Wildman–Crippen MR) is 59.5 cm³/mol. The van der Waals surface area contributed by atoms with E-state index < -0.39 is 6.10 Å². The highest BCUT2D eigenvalue weighted by Gasteiger charge is 2.07. The summed E-state index contributed by atoms with van der Waals surface area (Å²) in [5.41, 5.74) is 0.685. The summed E-state index contributed by atoms with van der Waals surface area (Å²) in [7, 11) is 1.49. The van der Waals surface area contributed by atoms with Gasteiger partial charge in [0.05, 0.1) is 19.8 Å². The van der Waals surface area contributed by atoms with Gasteiger partial charge in [0, 0.05) is 18.7 Å². The molecular weight excluding hydrogens is 210 g/mol. The zero-order valence-electron chi connectivity index (χ0n) is 9.18. The second-order valence-corrected chi connectivity index (χ2v) is 3.44. The van der Waals surface area contributed by atoms with Gasteiger partial charge in [-0.1, -0.05) is 12.1 Å². The van der Waals surface area contributed by atoms with Gasteiger partial charge in [-0.15, -0.1) is 0 Å². The molecule has 1 atom stereocenters. The number of para-hydroxylation sites is 1. The number of aromatic hydroxyl groups is 1. The Labute approximate surface area is 94.3 Å². The van der Waals surface area contributed by atoms with E-state index in [2.05, 4.69) is 5.32 Å². The molecular formula is C11H17NO4. The van der Waals surface area contributed by atoms with Crippen molar-refractivity contribution in [3.63, 3.8) is 0 Å². The fourth-order valence-electron chi connectivity index (χ4n) is 1.31. The van der Waals surface area contributed by atoms with Crippen LogP contribution < -0.4 is 10.1 Å². The van der Waals surface area contributed by atoms with Gasteiger partial charge in [0.15, 0.2) is 11.5 Å². The monoisotopic (exact) mass is 227 g/mol. The number of phenols is 1. The Kier molecular flexibility index (Phi) is 5.04. The lowest BCUT2D eigenvalue weighted by atomic mass is 10.2. The highest BCUT2D eigenvalue weighted by Crippen LogP contribution is 2.28. The Morgan fingerprint density at radius 1 is 1.44 bits per heavy atom. The number of aliphatic hydroxyl groups is 2. The minimum Gasteiger partial charge on any atom is -0.504 e. The van der Waals surface area contributed by atoms with Crippen molar-refractivity contribution in [3.05, 3.63) is 23.8 Å². The fourth-order valence-corrected chi connectivity index (χ4v) is 1.31. The Hall–Kier alpha value is -1.30. The maximum Gasteiger partial charge on any atom is 0.162 e. The first kappa shape index (κ1) is 12.8. The summed E-state index contributed by atoms with van der Waals surface area (Å²) in [6.45, 7) is 0.393. The summed E-state index contributed by atoms with van der Waals surface area (Å²) in [6, 6.07) is 5.20. The van der Waals surface area contributed by atoms with Crippen molar-refractivity contribution >= 4 is 0 Å². The molecule has 0 aliphatic heterocycles. The second-order valence-electron chi connectivity index (χ2n) is 3.44. The maximum atomic E-state index is 9.73. The summed E-state index contributed by atoms with van der Waals surface area (Å²) in [4.78, 5) is 0. The zero-order chi connectivity index (χ0) is 12.0. The number of aliphatic hydroxyl groups excluding tert-OH is 2. The molecule has 1 rings (SSSR count). The van der Waals surface area contributed by atoms with E-state index >= 15 is 0 Å². The molecule has 0 saturated carbocycles. The number of hydrogen-bond acceptors (Lipinski definition) is 5. The van der Waals surface area contributed by atoms with Crippen molar-refractivity contribution in [3.8, 4) is 11.5 Å². The van der Waals surface area contributed by atoms with Crippen LogP contribution >= 0.6 is 0 Å². The average Bonchev–Trinajstić information content (AvgIpc) is 2.31. The van der Waals surface area contributed by atoms with Crippen LogP contribution in [0.5, 0.6) is 11.5 Å². The van der Waals surface area contributed by atoms with Crippen LogP contribution in [0.3, 0.4) is 0 Å². The first-order valence-corrected chi connectivity index (χ1v) is 5.03. The molecule has 16 heavy (non-hydrogen) atoms. The predicted octanol–water partition coefficient (Wildman–Crippen LogP) is -0.156. The van der Waals surface area contributed by atoms with E-state index in [0.717, 1.165) is 0 Å². The van der Waals surface area contributed by atoms with Gasteiger partial charge in [0.2, 0.25) is 0 Å². The quantitative estimate of drug-likeness (QED) is 0.543. The van der Waals surface area contributed by atoms with Gasteiger partial charge in [0.25, 0.3) is 0 Å². The van der Waals surface area contributed by atoms with Crippen LogP contribution in [0, 0.1) is 0 Å². The van der Waals surface area contributed by atoms with E-state index in [-0.39, 0.29) is 18.9 Å². The van der Waals surface area contributed by atoms with Gasteiger partial charge >= 0.3 is 0 Å². The van der Waals surface area contributed by atoms with Gasteiger partial charge in [-0.2, -0.15) is 0 Å². The third kappa shape index (κ3) is 3.37. The van der Waals surface area contributed by atoms with Crippen LogP contribution in [0.1, 0.15) is 5.56 Å². The number of phenolic OH excluding ortho intramolecular Hbond substituents is 1. The van der Waals surface area contributed by atoms with Crippen molar-refractivity contribution in [2.24, 2.45) is 0 Å². The number of methoxy groups -OCH3 is 1. The van der Waals surface area contributed by atoms with Crippen LogP contribution in [-0.2, 0) is 6.54 Å². The van der Waals surface area contributed by atoms with E-state index in [0.29, 0.717) is 17.9 Å². The van der Waals surface area contributed by atoms with Gasteiger partial charge in [-0.3, -0.25) is 0 Å². The molecule has 5 heteroatoms. The third-order valence-corrected chi connectivity index (χ3v) is 2.21. The van der Waals surface area contributed by atoms with E-state index in [4.69, 9.17) is 14.9 Å². The number of rotatable bonds is 6. The van der Waals surface area contributed by atoms with E-state index in [1.165, 1.54) is 7.11 Å². The summed E-state index contributed by atoms with van der Waals surface area (Å²) < 4.78 is 4.97. The Morgan fingerprint density at radius 3 is 2.81 bits per heavy atom. The van der Waals surface area contributed by atoms with Crippen molar-refractivity contribution < 1.29 is 20.1 Å². The van der Waals surface area contributed by atoms with Crippen LogP contribution in [0.15, 0.2) is 18.2 Å². The smallest absolute Gasteiger partial charge is 0.162 e. The second kappa shape index (κ2) is 6.32. The number of benzene rings is 1. The summed E-state index contributed by atoms with van der Waals surface area (Å²) in [5.74, 6) is 0.512. The van der Waals surface area contributed by atoms with Crippen molar-refractivity contribution in [2.75, 3.05) is 20.3 Å². The van der Waals surface area contributed by atoms with Gasteiger partial charge in [0.1, 0.15) is 0 Å². The minimum atomic E-state index is -0.784. The maximum absolute atomic E-state index is 9.73. The molecule has 0 heterocycles. The first-order chi connectivity index (χ1) is 7.69. The molecule has 0 saturated heterocycles. The molecule has 0 radical (unpaired) electrons. The molecule has 1 aromatic rings. The van der Waals surface area contributed by atoms with Gasteiger partial charge < -0.3 is 25.4 Å². The lowest BCUT2D eigenvalue weighted by Crippen LogP contribution is -2.28. The minimum absolute atomic E-state index is 0.0935. The molecule has 0 spiro atoms. The lowest BCUT2D eigenvalue weighted by Gasteiger charge is -2.11. The fraction of sp³-hybridized carbons (Fsp3) is 0.455. The van der Waals surface area contributed by atoms with Crippen LogP contribution in [0.2, 0.25) is 0 Å². The molecule has 0 aliphatic carbocycles. The Bertz CT molecular complexity index is 330. The summed E-state index contributed by atoms with van der Waals surface area (Å²) >= 11 is 0. The van der Waals surface area contributed by atoms with Crippen LogP contribution in [0.25, 0.3) is 0 Å².